The average molecular weight is 317 g/mol. The lowest BCUT2D eigenvalue weighted by molar-refractivity contribution is -0.141. The highest BCUT2D eigenvalue weighted by Crippen LogP contribution is 2.33. The quantitative estimate of drug-likeness (QED) is 0.482. The summed E-state index contributed by atoms with van der Waals surface area (Å²) >= 11 is 5.50. The van der Waals surface area contributed by atoms with Crippen molar-refractivity contribution in [2.75, 3.05) is 0 Å². The molecule has 2 heterocycles. The van der Waals surface area contributed by atoms with Gasteiger partial charge in [0.1, 0.15) is 11.4 Å². The highest BCUT2D eigenvalue weighted by atomic mass is 35.5. The first-order valence-corrected chi connectivity index (χ1v) is 6.02. The molecule has 2 aromatic heterocycles. The lowest BCUT2D eigenvalue weighted by Crippen LogP contribution is -2.09. The zero-order valence-electron chi connectivity index (χ0n) is 10.1. The molecule has 0 aliphatic carbocycles. The van der Waals surface area contributed by atoms with Crippen LogP contribution in [0.25, 0.3) is 22.4 Å². The van der Waals surface area contributed by atoms with E-state index >= 15 is 0 Å². The number of aromatic nitrogens is 2. The van der Waals surface area contributed by atoms with Crippen LogP contribution in [0.4, 0.5) is 17.6 Å². The zero-order chi connectivity index (χ0) is 15.2. The van der Waals surface area contributed by atoms with E-state index in [4.69, 9.17) is 16.0 Å². The van der Waals surface area contributed by atoms with Crippen molar-refractivity contribution in [1.82, 2.24) is 9.97 Å². The molecule has 0 aliphatic heterocycles. The standard InChI is InChI=1S/C13H5ClF4N2O/c14-12-19-8(5-10(20-12)13(16,17)18)9-4-6-2-1-3-7(15)11(6)21-9/h1-5H. The van der Waals surface area contributed by atoms with Gasteiger partial charge in [-0.1, -0.05) is 12.1 Å². The summed E-state index contributed by atoms with van der Waals surface area (Å²) in [5.74, 6) is -0.639. The van der Waals surface area contributed by atoms with Gasteiger partial charge in [-0.2, -0.15) is 13.2 Å². The Labute approximate surface area is 120 Å². The van der Waals surface area contributed by atoms with Gasteiger partial charge in [0.05, 0.1) is 0 Å². The summed E-state index contributed by atoms with van der Waals surface area (Å²) in [7, 11) is 0. The van der Waals surface area contributed by atoms with Gasteiger partial charge in [-0.05, 0) is 29.8 Å². The highest BCUT2D eigenvalue weighted by molar-refractivity contribution is 6.28. The van der Waals surface area contributed by atoms with Crippen LogP contribution in [0.2, 0.25) is 5.28 Å². The summed E-state index contributed by atoms with van der Waals surface area (Å²) in [6, 6.07) is 6.30. The number of nitrogens with zero attached hydrogens (tertiary/aromatic N) is 2. The fraction of sp³-hybridized carbons (Fsp3) is 0.0769. The molecule has 21 heavy (non-hydrogen) atoms. The number of hydrogen-bond donors (Lipinski definition) is 0. The third-order valence-corrected chi connectivity index (χ3v) is 2.91. The van der Waals surface area contributed by atoms with E-state index in [9.17, 15) is 17.6 Å². The number of furan rings is 1. The Morgan fingerprint density at radius 1 is 1.10 bits per heavy atom. The van der Waals surface area contributed by atoms with Crippen LogP contribution < -0.4 is 0 Å². The fourth-order valence-corrected chi connectivity index (χ4v) is 2.03. The maximum atomic E-state index is 13.5. The van der Waals surface area contributed by atoms with Crippen LogP contribution in [0.3, 0.4) is 0 Å². The van der Waals surface area contributed by atoms with Gasteiger partial charge in [0.25, 0.3) is 0 Å². The number of alkyl halides is 3. The minimum Gasteiger partial charge on any atom is -0.451 e. The Morgan fingerprint density at radius 3 is 2.52 bits per heavy atom. The van der Waals surface area contributed by atoms with E-state index in [1.807, 2.05) is 0 Å². The Kier molecular flexibility index (Phi) is 3.09. The Hall–Kier alpha value is -2.15. The molecule has 3 nitrogen and oxygen atoms in total. The van der Waals surface area contributed by atoms with Crippen LogP contribution in [-0.2, 0) is 6.18 Å². The third kappa shape index (κ3) is 2.56. The van der Waals surface area contributed by atoms with Gasteiger partial charge in [-0.15, -0.1) is 0 Å². The first kappa shape index (κ1) is 13.8. The number of fused-ring (bicyclic) bond motifs is 1. The zero-order valence-corrected chi connectivity index (χ0v) is 10.8. The van der Waals surface area contributed by atoms with E-state index in [0.717, 1.165) is 0 Å². The summed E-state index contributed by atoms with van der Waals surface area (Å²) in [4.78, 5) is 6.80. The van der Waals surface area contributed by atoms with E-state index in [2.05, 4.69) is 9.97 Å². The summed E-state index contributed by atoms with van der Waals surface area (Å²) in [6.07, 6.45) is -4.67. The molecule has 8 heteroatoms. The van der Waals surface area contributed by atoms with Gasteiger partial charge >= 0.3 is 6.18 Å². The number of para-hydroxylation sites is 1. The summed E-state index contributed by atoms with van der Waals surface area (Å²) in [5.41, 5.74) is -1.42. The normalized spacial score (nSPS) is 12.0. The Bertz CT molecular complexity index is 829. The molecule has 0 amide bonds. The molecule has 0 bridgehead atoms. The summed E-state index contributed by atoms with van der Waals surface area (Å²) < 4.78 is 56.8. The van der Waals surface area contributed by atoms with E-state index in [1.165, 1.54) is 18.2 Å². The molecular formula is C13H5ClF4N2O. The van der Waals surface area contributed by atoms with Gasteiger partial charge in [-0.25, -0.2) is 14.4 Å². The van der Waals surface area contributed by atoms with Crippen LogP contribution in [0, 0.1) is 5.82 Å². The molecule has 108 valence electrons. The van der Waals surface area contributed by atoms with Crippen molar-refractivity contribution in [2.24, 2.45) is 0 Å². The fourth-order valence-electron chi connectivity index (χ4n) is 1.84. The van der Waals surface area contributed by atoms with Gasteiger partial charge in [0.15, 0.2) is 17.2 Å². The molecule has 0 unspecified atom stereocenters. The largest absolute Gasteiger partial charge is 0.451 e. The second kappa shape index (κ2) is 4.70. The van der Waals surface area contributed by atoms with Gasteiger partial charge in [0.2, 0.25) is 5.28 Å². The molecular weight excluding hydrogens is 312 g/mol. The molecule has 0 spiro atoms. The number of halogens is 5. The lowest BCUT2D eigenvalue weighted by Gasteiger charge is -2.06. The highest BCUT2D eigenvalue weighted by Gasteiger charge is 2.34. The van der Waals surface area contributed by atoms with E-state index in [1.54, 1.807) is 6.07 Å². The van der Waals surface area contributed by atoms with Crippen molar-refractivity contribution >= 4 is 22.6 Å². The molecule has 0 saturated carbocycles. The molecule has 0 aliphatic rings. The summed E-state index contributed by atoms with van der Waals surface area (Å²) in [5, 5.41) is -0.158. The first-order valence-electron chi connectivity index (χ1n) is 5.65. The number of benzene rings is 1. The van der Waals surface area contributed by atoms with Crippen LogP contribution in [0.15, 0.2) is 34.7 Å². The van der Waals surface area contributed by atoms with E-state index in [-0.39, 0.29) is 17.0 Å². The molecule has 0 saturated heterocycles. The predicted molar refractivity (Wildman–Crippen MR) is 67.2 cm³/mol. The predicted octanol–water partition coefficient (Wildman–Crippen LogP) is 4.70. The minimum absolute atomic E-state index is 0.0232. The van der Waals surface area contributed by atoms with E-state index < -0.39 is 23.0 Å². The van der Waals surface area contributed by atoms with Crippen molar-refractivity contribution in [3.63, 3.8) is 0 Å². The topological polar surface area (TPSA) is 38.9 Å². The SMILES string of the molecule is Fc1cccc2cc(-c3cc(C(F)(F)F)nc(Cl)n3)oc12. The average Bonchev–Trinajstić information content (AvgIpc) is 2.82. The molecule has 1 aromatic carbocycles. The lowest BCUT2D eigenvalue weighted by atomic mass is 10.2. The van der Waals surface area contributed by atoms with Crippen LogP contribution in [0.5, 0.6) is 0 Å². The summed E-state index contributed by atoms with van der Waals surface area (Å²) in [6.45, 7) is 0. The molecule has 0 fully saturated rings. The maximum Gasteiger partial charge on any atom is 0.433 e. The van der Waals surface area contributed by atoms with Gasteiger partial charge in [0, 0.05) is 5.39 Å². The van der Waals surface area contributed by atoms with Crippen LogP contribution >= 0.6 is 11.6 Å². The second-order valence-electron chi connectivity index (χ2n) is 4.17. The second-order valence-corrected chi connectivity index (χ2v) is 4.51. The van der Waals surface area contributed by atoms with Gasteiger partial charge in [-0.3, -0.25) is 0 Å². The van der Waals surface area contributed by atoms with Gasteiger partial charge < -0.3 is 4.42 Å². The Morgan fingerprint density at radius 2 is 1.86 bits per heavy atom. The Balaban J connectivity index is 2.18. The van der Waals surface area contributed by atoms with Crippen LogP contribution in [-0.4, -0.2) is 9.97 Å². The third-order valence-electron chi connectivity index (χ3n) is 2.74. The smallest absolute Gasteiger partial charge is 0.433 e. The molecule has 0 atom stereocenters. The molecule has 0 N–H and O–H groups in total. The van der Waals surface area contributed by atoms with Crippen molar-refractivity contribution in [2.45, 2.75) is 6.18 Å². The van der Waals surface area contributed by atoms with Crippen molar-refractivity contribution in [3.05, 3.63) is 47.1 Å². The van der Waals surface area contributed by atoms with E-state index in [0.29, 0.717) is 11.5 Å². The maximum absolute atomic E-state index is 13.5. The van der Waals surface area contributed by atoms with Crippen molar-refractivity contribution < 1.29 is 22.0 Å². The molecule has 0 radical (unpaired) electrons. The number of hydrogen-bond acceptors (Lipinski definition) is 3. The number of rotatable bonds is 1. The van der Waals surface area contributed by atoms with Crippen LogP contribution in [0.1, 0.15) is 5.69 Å². The minimum atomic E-state index is -4.67. The van der Waals surface area contributed by atoms with Crippen molar-refractivity contribution in [3.8, 4) is 11.5 Å². The molecule has 3 aromatic rings. The van der Waals surface area contributed by atoms with Crippen molar-refractivity contribution in [1.29, 1.82) is 0 Å². The first-order chi connectivity index (χ1) is 9.84. The monoisotopic (exact) mass is 316 g/mol. The molecule has 3 rings (SSSR count).